The first-order chi connectivity index (χ1) is 6.35. The Hall–Kier alpha value is -0.570. The summed E-state index contributed by atoms with van der Waals surface area (Å²) in [7, 11) is 1.85. The zero-order valence-electron chi connectivity index (χ0n) is 10.1. The predicted molar refractivity (Wildman–Crippen MR) is 59.9 cm³/mol. The van der Waals surface area contributed by atoms with E-state index in [1.807, 2.05) is 27.8 Å². The third kappa shape index (κ3) is 3.66. The summed E-state index contributed by atoms with van der Waals surface area (Å²) < 4.78 is 0. The molecule has 0 aromatic carbocycles. The lowest BCUT2D eigenvalue weighted by molar-refractivity contribution is -0.139. The largest absolute Gasteiger partial charge is 0.345 e. The molecule has 1 unspecified atom stereocenters. The molecule has 0 aromatic rings. The Balaban J connectivity index is 4.25. The molecule has 84 valence electrons. The van der Waals surface area contributed by atoms with Crippen molar-refractivity contribution in [3.63, 3.8) is 0 Å². The van der Waals surface area contributed by atoms with E-state index in [2.05, 4.69) is 6.92 Å². The highest BCUT2D eigenvalue weighted by Crippen LogP contribution is 2.22. The predicted octanol–water partition coefficient (Wildman–Crippen LogP) is 1.48. The van der Waals surface area contributed by atoms with E-state index in [4.69, 9.17) is 5.73 Å². The molecule has 0 saturated carbocycles. The topological polar surface area (TPSA) is 46.3 Å². The molecule has 14 heavy (non-hydrogen) atoms. The van der Waals surface area contributed by atoms with Crippen molar-refractivity contribution < 1.29 is 4.79 Å². The second-order valence-corrected chi connectivity index (χ2v) is 4.76. The highest BCUT2D eigenvalue weighted by molar-refractivity contribution is 5.81. The zero-order chi connectivity index (χ0) is 11.4. The number of carbonyl (C=O) groups is 1. The molecule has 0 aliphatic rings. The molecular weight excluding hydrogens is 176 g/mol. The van der Waals surface area contributed by atoms with Crippen molar-refractivity contribution in [2.75, 3.05) is 20.1 Å². The van der Waals surface area contributed by atoms with E-state index < -0.39 is 0 Å². The number of hydrogen-bond donors (Lipinski definition) is 1. The maximum Gasteiger partial charge on any atom is 0.227 e. The molecule has 0 aliphatic carbocycles. The highest BCUT2D eigenvalue weighted by Gasteiger charge is 2.28. The molecule has 0 spiro atoms. The minimum absolute atomic E-state index is 0.209. The maximum atomic E-state index is 11.9. The van der Waals surface area contributed by atoms with Gasteiger partial charge in [-0.3, -0.25) is 4.79 Å². The summed E-state index contributed by atoms with van der Waals surface area (Å²) in [5.74, 6) is 0.580. The molecule has 1 amide bonds. The van der Waals surface area contributed by atoms with Crippen LogP contribution in [-0.2, 0) is 4.79 Å². The molecule has 3 heteroatoms. The van der Waals surface area contributed by atoms with Crippen molar-refractivity contribution in [3.05, 3.63) is 0 Å². The van der Waals surface area contributed by atoms with E-state index in [0.717, 1.165) is 13.0 Å². The minimum atomic E-state index is -0.247. The van der Waals surface area contributed by atoms with Crippen LogP contribution in [0.4, 0.5) is 0 Å². The Bertz CT molecular complexity index is 190. The molecule has 0 fully saturated rings. The second-order valence-electron chi connectivity index (χ2n) is 4.76. The van der Waals surface area contributed by atoms with Crippen molar-refractivity contribution in [2.24, 2.45) is 17.1 Å². The zero-order valence-corrected chi connectivity index (χ0v) is 10.1. The van der Waals surface area contributed by atoms with Crippen LogP contribution in [-0.4, -0.2) is 30.9 Å². The third-order valence-electron chi connectivity index (χ3n) is 2.80. The van der Waals surface area contributed by atoms with Gasteiger partial charge in [-0.1, -0.05) is 27.7 Å². The van der Waals surface area contributed by atoms with Gasteiger partial charge in [-0.05, 0) is 18.9 Å². The first-order valence-corrected chi connectivity index (χ1v) is 5.30. The van der Waals surface area contributed by atoms with Gasteiger partial charge in [-0.15, -0.1) is 0 Å². The monoisotopic (exact) mass is 200 g/mol. The van der Waals surface area contributed by atoms with Crippen molar-refractivity contribution in [1.29, 1.82) is 0 Å². The van der Waals surface area contributed by atoms with Gasteiger partial charge in [0.25, 0.3) is 0 Å². The van der Waals surface area contributed by atoms with Gasteiger partial charge >= 0.3 is 0 Å². The van der Waals surface area contributed by atoms with Crippen molar-refractivity contribution >= 4 is 5.91 Å². The number of hydrogen-bond acceptors (Lipinski definition) is 2. The van der Waals surface area contributed by atoms with Gasteiger partial charge in [0.15, 0.2) is 0 Å². The molecule has 0 bridgehead atoms. The highest BCUT2D eigenvalue weighted by atomic mass is 16.2. The second kappa shape index (κ2) is 5.35. The van der Waals surface area contributed by atoms with Gasteiger partial charge in [0, 0.05) is 19.0 Å². The normalized spacial score (nSPS) is 13.9. The van der Waals surface area contributed by atoms with Gasteiger partial charge in [-0.2, -0.15) is 0 Å². The summed E-state index contributed by atoms with van der Waals surface area (Å²) in [5.41, 5.74) is 5.28. The number of carbonyl (C=O) groups excluding carboxylic acids is 1. The molecule has 0 heterocycles. The SMILES string of the molecule is CCC(C)(C)C(=O)N(C)CC(C)CN. The summed E-state index contributed by atoms with van der Waals surface area (Å²) in [5, 5.41) is 0. The number of amides is 1. The number of rotatable bonds is 5. The Morgan fingerprint density at radius 2 is 2.00 bits per heavy atom. The van der Waals surface area contributed by atoms with E-state index in [0.29, 0.717) is 12.5 Å². The van der Waals surface area contributed by atoms with Crippen LogP contribution in [0.2, 0.25) is 0 Å². The first-order valence-electron chi connectivity index (χ1n) is 5.30. The van der Waals surface area contributed by atoms with Crippen LogP contribution >= 0.6 is 0 Å². The quantitative estimate of drug-likeness (QED) is 0.730. The van der Waals surface area contributed by atoms with E-state index >= 15 is 0 Å². The Kier molecular flexibility index (Phi) is 5.13. The van der Waals surface area contributed by atoms with Gasteiger partial charge in [0.05, 0.1) is 0 Å². The van der Waals surface area contributed by atoms with Gasteiger partial charge in [-0.25, -0.2) is 0 Å². The Labute approximate surface area is 87.6 Å². The lowest BCUT2D eigenvalue weighted by Crippen LogP contribution is -2.41. The van der Waals surface area contributed by atoms with E-state index in [1.165, 1.54) is 0 Å². The summed E-state index contributed by atoms with van der Waals surface area (Å²) in [6, 6.07) is 0. The summed E-state index contributed by atoms with van der Waals surface area (Å²) in [6.45, 7) is 9.45. The minimum Gasteiger partial charge on any atom is -0.345 e. The summed E-state index contributed by atoms with van der Waals surface area (Å²) in [6.07, 6.45) is 0.868. The maximum absolute atomic E-state index is 11.9. The van der Waals surface area contributed by atoms with Gasteiger partial charge in [0.1, 0.15) is 0 Å². The third-order valence-corrected chi connectivity index (χ3v) is 2.80. The summed E-state index contributed by atoms with van der Waals surface area (Å²) >= 11 is 0. The smallest absolute Gasteiger partial charge is 0.227 e. The lowest BCUT2D eigenvalue weighted by atomic mass is 9.88. The van der Waals surface area contributed by atoms with Crippen LogP contribution in [0.3, 0.4) is 0 Å². The molecule has 3 nitrogen and oxygen atoms in total. The van der Waals surface area contributed by atoms with Crippen LogP contribution in [0.25, 0.3) is 0 Å². The molecule has 0 rings (SSSR count). The van der Waals surface area contributed by atoms with Crippen molar-refractivity contribution in [3.8, 4) is 0 Å². The average Bonchev–Trinajstić information content (AvgIpc) is 2.16. The van der Waals surface area contributed by atoms with Crippen LogP contribution < -0.4 is 5.73 Å². The Morgan fingerprint density at radius 1 is 1.50 bits per heavy atom. The van der Waals surface area contributed by atoms with E-state index in [-0.39, 0.29) is 11.3 Å². The molecule has 0 radical (unpaired) electrons. The molecule has 1 atom stereocenters. The average molecular weight is 200 g/mol. The molecule has 0 aromatic heterocycles. The summed E-state index contributed by atoms with van der Waals surface area (Å²) in [4.78, 5) is 13.7. The van der Waals surface area contributed by atoms with Gasteiger partial charge < -0.3 is 10.6 Å². The van der Waals surface area contributed by atoms with Crippen molar-refractivity contribution in [2.45, 2.75) is 34.1 Å². The van der Waals surface area contributed by atoms with Gasteiger partial charge in [0.2, 0.25) is 5.91 Å². The fourth-order valence-electron chi connectivity index (χ4n) is 1.29. The first kappa shape index (κ1) is 13.4. The van der Waals surface area contributed by atoms with Crippen LogP contribution in [0.1, 0.15) is 34.1 Å². The molecule has 0 saturated heterocycles. The number of nitrogens with two attached hydrogens (primary N) is 1. The molecular formula is C11H24N2O. The lowest BCUT2D eigenvalue weighted by Gasteiger charge is -2.29. The van der Waals surface area contributed by atoms with Crippen molar-refractivity contribution in [1.82, 2.24) is 4.90 Å². The van der Waals surface area contributed by atoms with Crippen LogP contribution in [0.15, 0.2) is 0 Å². The fraction of sp³-hybridized carbons (Fsp3) is 0.909. The number of nitrogens with zero attached hydrogens (tertiary/aromatic N) is 1. The molecule has 2 N–H and O–H groups in total. The molecule has 0 aliphatic heterocycles. The standard InChI is InChI=1S/C11H24N2O/c1-6-11(3,4)10(14)13(5)8-9(2)7-12/h9H,6-8,12H2,1-5H3. The Morgan fingerprint density at radius 3 is 2.36 bits per heavy atom. The van der Waals surface area contributed by atoms with E-state index in [1.54, 1.807) is 4.90 Å². The van der Waals surface area contributed by atoms with Crippen LogP contribution in [0, 0.1) is 11.3 Å². The van der Waals surface area contributed by atoms with Crippen LogP contribution in [0.5, 0.6) is 0 Å². The van der Waals surface area contributed by atoms with E-state index in [9.17, 15) is 4.79 Å². The fourth-order valence-corrected chi connectivity index (χ4v) is 1.29.